The van der Waals surface area contributed by atoms with E-state index >= 15 is 0 Å². The lowest BCUT2D eigenvalue weighted by Crippen LogP contribution is -1.97. The van der Waals surface area contributed by atoms with Gasteiger partial charge in [-0.15, -0.1) is 0 Å². The lowest BCUT2D eigenvalue weighted by molar-refractivity contribution is 0.991. The first-order valence-corrected chi connectivity index (χ1v) is 4.06. The van der Waals surface area contributed by atoms with Crippen LogP contribution in [0.15, 0.2) is 23.8 Å². The Labute approximate surface area is 70.3 Å². The molecule has 1 aromatic rings. The van der Waals surface area contributed by atoms with Crippen LogP contribution in [0.2, 0.25) is 0 Å². The van der Waals surface area contributed by atoms with Crippen LogP contribution in [-0.2, 0) is 6.42 Å². The van der Waals surface area contributed by atoms with Gasteiger partial charge in [0.15, 0.2) is 0 Å². The number of aromatic amines is 1. The molecular formula is C10H8N2. The van der Waals surface area contributed by atoms with Crippen molar-refractivity contribution in [3.05, 3.63) is 40.8 Å². The fourth-order valence-electron chi connectivity index (χ4n) is 1.68. The summed E-state index contributed by atoms with van der Waals surface area (Å²) in [6.45, 7) is 0. The Balaban J connectivity index is 2.40. The first-order valence-electron chi connectivity index (χ1n) is 4.06. The van der Waals surface area contributed by atoms with Crippen molar-refractivity contribution < 1.29 is 0 Å². The van der Waals surface area contributed by atoms with Crippen LogP contribution in [0.25, 0.3) is 12.2 Å². The highest BCUT2D eigenvalue weighted by Gasteiger charge is 2.14. The van der Waals surface area contributed by atoms with E-state index in [1.165, 1.54) is 16.8 Å². The molecule has 0 saturated heterocycles. The van der Waals surface area contributed by atoms with E-state index in [0.717, 1.165) is 12.1 Å². The lowest BCUT2D eigenvalue weighted by Gasteiger charge is -2.08. The predicted octanol–water partition coefficient (Wildman–Crippen LogP) is 1.93. The average Bonchev–Trinajstić information content (AvgIpc) is 2.44. The van der Waals surface area contributed by atoms with Gasteiger partial charge >= 0.3 is 0 Å². The molecule has 0 aromatic carbocycles. The Morgan fingerprint density at radius 3 is 3.25 bits per heavy atom. The quantitative estimate of drug-likeness (QED) is 0.611. The summed E-state index contributed by atoms with van der Waals surface area (Å²) in [5.41, 5.74) is 4.89. The van der Waals surface area contributed by atoms with Gasteiger partial charge in [0.25, 0.3) is 0 Å². The SMILES string of the molecule is C1=Cc2n[nH]c3c2C=CC(=C1)C3. The Bertz CT molecular complexity index is 419. The number of hydrogen-bond acceptors (Lipinski definition) is 1. The Morgan fingerprint density at radius 1 is 1.25 bits per heavy atom. The maximum absolute atomic E-state index is 4.22. The summed E-state index contributed by atoms with van der Waals surface area (Å²) in [6.07, 6.45) is 11.5. The summed E-state index contributed by atoms with van der Waals surface area (Å²) >= 11 is 0. The molecule has 4 rings (SSSR count). The largest absolute Gasteiger partial charge is 0.281 e. The number of aromatic nitrogens is 2. The molecule has 3 aliphatic carbocycles. The summed E-state index contributed by atoms with van der Waals surface area (Å²) in [4.78, 5) is 0. The van der Waals surface area contributed by atoms with Crippen LogP contribution in [0.5, 0.6) is 0 Å². The molecule has 0 saturated carbocycles. The summed E-state index contributed by atoms with van der Waals surface area (Å²) in [5, 5.41) is 7.27. The fraction of sp³-hybridized carbons (Fsp3) is 0.100. The van der Waals surface area contributed by atoms with Gasteiger partial charge < -0.3 is 0 Å². The summed E-state index contributed by atoms with van der Waals surface area (Å²) in [7, 11) is 0. The van der Waals surface area contributed by atoms with Crippen molar-refractivity contribution in [2.75, 3.05) is 0 Å². The second-order valence-electron chi connectivity index (χ2n) is 3.11. The zero-order valence-electron chi connectivity index (χ0n) is 6.54. The van der Waals surface area contributed by atoms with Gasteiger partial charge in [0, 0.05) is 17.7 Å². The molecule has 2 heteroatoms. The fourth-order valence-corrected chi connectivity index (χ4v) is 1.68. The molecule has 1 aromatic heterocycles. The van der Waals surface area contributed by atoms with E-state index in [9.17, 15) is 0 Å². The lowest BCUT2D eigenvalue weighted by atomic mass is 9.96. The molecule has 0 atom stereocenters. The normalized spacial score (nSPS) is 17.5. The third-order valence-corrected chi connectivity index (χ3v) is 2.32. The Hall–Kier alpha value is -1.57. The standard InChI is InChI=1S/C10H8N2/c1-2-7-4-5-8-9(3-1)11-12-10(8)6-7/h1-5H,6H2,(H,11,12). The first-order chi connectivity index (χ1) is 5.93. The molecule has 58 valence electrons. The second-order valence-corrected chi connectivity index (χ2v) is 3.11. The van der Waals surface area contributed by atoms with Gasteiger partial charge in [0.1, 0.15) is 0 Å². The molecule has 2 nitrogen and oxygen atoms in total. The highest BCUT2D eigenvalue weighted by atomic mass is 15.1. The summed E-state index contributed by atoms with van der Waals surface area (Å²) in [5.74, 6) is 0. The van der Waals surface area contributed by atoms with Crippen LogP contribution in [0.4, 0.5) is 0 Å². The van der Waals surface area contributed by atoms with Crippen molar-refractivity contribution in [3.63, 3.8) is 0 Å². The third kappa shape index (κ3) is 0.666. The highest BCUT2D eigenvalue weighted by molar-refractivity contribution is 5.71. The van der Waals surface area contributed by atoms with Gasteiger partial charge in [-0.2, -0.15) is 5.10 Å². The first kappa shape index (κ1) is 6.00. The van der Waals surface area contributed by atoms with Gasteiger partial charge in [-0.1, -0.05) is 24.3 Å². The van der Waals surface area contributed by atoms with E-state index in [1.807, 2.05) is 6.08 Å². The number of fused-ring (bicyclic) bond motifs is 1. The van der Waals surface area contributed by atoms with E-state index in [4.69, 9.17) is 0 Å². The van der Waals surface area contributed by atoms with E-state index in [1.54, 1.807) is 0 Å². The van der Waals surface area contributed by atoms with Crippen molar-refractivity contribution in [1.29, 1.82) is 0 Å². The molecular weight excluding hydrogens is 148 g/mol. The smallest absolute Gasteiger partial charge is 0.0923 e. The molecule has 0 amide bonds. The minimum Gasteiger partial charge on any atom is -0.281 e. The number of rotatable bonds is 0. The van der Waals surface area contributed by atoms with E-state index in [-0.39, 0.29) is 0 Å². The van der Waals surface area contributed by atoms with E-state index in [0.29, 0.717) is 0 Å². The average molecular weight is 156 g/mol. The van der Waals surface area contributed by atoms with Gasteiger partial charge in [-0.3, -0.25) is 5.10 Å². The van der Waals surface area contributed by atoms with Crippen molar-refractivity contribution in [3.8, 4) is 0 Å². The van der Waals surface area contributed by atoms with Crippen molar-refractivity contribution in [1.82, 2.24) is 10.2 Å². The van der Waals surface area contributed by atoms with Crippen LogP contribution in [-0.4, -0.2) is 10.2 Å². The minimum atomic E-state index is 0.989. The molecule has 0 aliphatic heterocycles. The molecule has 0 spiro atoms. The van der Waals surface area contributed by atoms with E-state index < -0.39 is 0 Å². The second kappa shape index (κ2) is 1.97. The number of allylic oxidation sites excluding steroid dienone is 4. The van der Waals surface area contributed by atoms with Gasteiger partial charge in [0.2, 0.25) is 0 Å². The molecule has 3 aliphatic rings. The van der Waals surface area contributed by atoms with Crippen molar-refractivity contribution in [2.45, 2.75) is 6.42 Å². The van der Waals surface area contributed by atoms with Crippen LogP contribution >= 0.6 is 0 Å². The number of nitrogens with one attached hydrogen (secondary N) is 1. The van der Waals surface area contributed by atoms with Crippen LogP contribution < -0.4 is 0 Å². The van der Waals surface area contributed by atoms with Crippen LogP contribution in [0.1, 0.15) is 17.0 Å². The minimum absolute atomic E-state index is 0.989. The zero-order valence-corrected chi connectivity index (χ0v) is 6.54. The van der Waals surface area contributed by atoms with Crippen LogP contribution in [0.3, 0.4) is 0 Å². The molecule has 0 unspecified atom stereocenters. The number of nitrogens with zero attached hydrogens (tertiary/aromatic N) is 1. The van der Waals surface area contributed by atoms with Gasteiger partial charge in [-0.25, -0.2) is 0 Å². The Kier molecular flexibility index (Phi) is 0.987. The third-order valence-electron chi connectivity index (χ3n) is 2.32. The highest BCUT2D eigenvalue weighted by Crippen LogP contribution is 2.26. The van der Waals surface area contributed by atoms with Gasteiger partial charge in [0.05, 0.1) is 5.69 Å². The van der Waals surface area contributed by atoms with E-state index in [2.05, 4.69) is 34.5 Å². The monoisotopic (exact) mass is 156 g/mol. The topological polar surface area (TPSA) is 28.7 Å². The Morgan fingerprint density at radius 2 is 2.25 bits per heavy atom. The maximum atomic E-state index is 4.22. The van der Waals surface area contributed by atoms with Crippen LogP contribution in [0, 0.1) is 0 Å². The maximum Gasteiger partial charge on any atom is 0.0923 e. The summed E-state index contributed by atoms with van der Waals surface area (Å²) in [6, 6.07) is 0. The van der Waals surface area contributed by atoms with Crippen molar-refractivity contribution in [2.24, 2.45) is 0 Å². The summed E-state index contributed by atoms with van der Waals surface area (Å²) < 4.78 is 0. The van der Waals surface area contributed by atoms with Crippen molar-refractivity contribution >= 4 is 12.2 Å². The number of H-pyrrole nitrogens is 1. The number of hydrogen-bond donors (Lipinski definition) is 1. The molecule has 4 bridgehead atoms. The molecule has 0 fully saturated rings. The molecule has 12 heavy (non-hydrogen) atoms. The zero-order chi connectivity index (χ0) is 7.97. The predicted molar refractivity (Wildman–Crippen MR) is 48.4 cm³/mol. The molecule has 0 radical (unpaired) electrons. The molecule has 1 heterocycles. The van der Waals surface area contributed by atoms with Gasteiger partial charge in [-0.05, 0) is 11.6 Å². The molecule has 1 N–H and O–H groups in total.